The average Bonchev–Trinajstić information content (AvgIpc) is 3.77. The van der Waals surface area contributed by atoms with Gasteiger partial charge in [0, 0.05) is 35.8 Å². The number of nitrogens with two attached hydrogens (primary N) is 1. The van der Waals surface area contributed by atoms with Gasteiger partial charge in [-0.15, -0.1) is 5.10 Å². The minimum absolute atomic E-state index is 0.0125. The van der Waals surface area contributed by atoms with Gasteiger partial charge < -0.3 is 25.3 Å². The van der Waals surface area contributed by atoms with E-state index < -0.39 is 23.1 Å². The van der Waals surface area contributed by atoms with Gasteiger partial charge >= 0.3 is 6.18 Å². The van der Waals surface area contributed by atoms with E-state index in [4.69, 9.17) is 27.1 Å². The average molecular weight is 686 g/mol. The minimum atomic E-state index is -4.60. The fourth-order valence-electron chi connectivity index (χ4n) is 7.23. The Hall–Kier alpha value is -4.70. The van der Waals surface area contributed by atoms with Gasteiger partial charge in [0.05, 0.1) is 29.5 Å². The molecule has 7 rings (SSSR count). The van der Waals surface area contributed by atoms with Crippen LogP contribution in [0.25, 0.3) is 11.4 Å². The van der Waals surface area contributed by atoms with Crippen molar-refractivity contribution in [2.45, 2.75) is 56.7 Å². The summed E-state index contributed by atoms with van der Waals surface area (Å²) < 4.78 is 47.9. The Bertz CT molecular complexity index is 2040. The van der Waals surface area contributed by atoms with Gasteiger partial charge in [-0.25, -0.2) is 0 Å². The van der Waals surface area contributed by atoms with Crippen LogP contribution < -0.4 is 16.6 Å². The maximum absolute atomic E-state index is 14.3. The van der Waals surface area contributed by atoms with Crippen LogP contribution in [-0.2, 0) is 27.7 Å². The quantitative estimate of drug-likeness (QED) is 0.284. The maximum Gasteiger partial charge on any atom is 0.416 e. The van der Waals surface area contributed by atoms with Gasteiger partial charge in [-0.2, -0.15) is 27.8 Å². The van der Waals surface area contributed by atoms with Crippen LogP contribution in [-0.4, -0.2) is 72.4 Å². The summed E-state index contributed by atoms with van der Waals surface area (Å²) in [5.74, 6) is -0.257. The molecule has 1 fully saturated rings. The predicted octanol–water partition coefficient (Wildman–Crippen LogP) is 3.99. The summed E-state index contributed by atoms with van der Waals surface area (Å²) in [6.07, 6.45) is -0.600. The molecule has 5 heterocycles. The van der Waals surface area contributed by atoms with E-state index in [1.807, 2.05) is 13.0 Å². The van der Waals surface area contributed by atoms with Crippen molar-refractivity contribution in [3.05, 3.63) is 74.1 Å². The lowest BCUT2D eigenvalue weighted by Gasteiger charge is -2.39. The summed E-state index contributed by atoms with van der Waals surface area (Å²) in [6.45, 7) is 3.28. The largest absolute Gasteiger partial charge is 0.416 e. The van der Waals surface area contributed by atoms with E-state index in [2.05, 4.69) is 20.6 Å². The van der Waals surface area contributed by atoms with Gasteiger partial charge in [0.1, 0.15) is 18.1 Å². The molecule has 1 atom stereocenters. The monoisotopic (exact) mass is 685 g/mol. The Morgan fingerprint density at radius 2 is 2.00 bits per heavy atom. The molecular formula is C31H31ClF3N9O4. The molecule has 0 radical (unpaired) electrons. The molecule has 2 amide bonds. The van der Waals surface area contributed by atoms with Crippen molar-refractivity contribution in [2.24, 2.45) is 0 Å². The molecule has 13 nitrogen and oxygen atoms in total. The molecule has 3 aliphatic rings. The number of amides is 2. The molecule has 2 aliphatic heterocycles. The van der Waals surface area contributed by atoms with E-state index in [1.165, 1.54) is 10.6 Å². The molecule has 252 valence electrons. The third-order valence-corrected chi connectivity index (χ3v) is 9.75. The molecule has 1 spiro atoms. The van der Waals surface area contributed by atoms with Crippen molar-refractivity contribution in [1.29, 1.82) is 0 Å². The first kappa shape index (κ1) is 31.9. The molecule has 48 heavy (non-hydrogen) atoms. The van der Waals surface area contributed by atoms with Crippen LogP contribution in [0.15, 0.2) is 35.1 Å². The molecule has 1 saturated heterocycles. The highest BCUT2D eigenvalue weighted by atomic mass is 35.5. The lowest BCUT2D eigenvalue weighted by Crippen LogP contribution is -2.46. The normalized spacial score (nSPS) is 19.1. The van der Waals surface area contributed by atoms with Gasteiger partial charge in [-0.05, 0) is 55.4 Å². The Balaban J connectivity index is 1.26. The van der Waals surface area contributed by atoms with Gasteiger partial charge in [0.15, 0.2) is 5.82 Å². The van der Waals surface area contributed by atoms with Crippen LogP contribution in [0.2, 0.25) is 5.02 Å². The number of alkyl halides is 3. The van der Waals surface area contributed by atoms with E-state index in [9.17, 15) is 27.6 Å². The summed E-state index contributed by atoms with van der Waals surface area (Å²) in [5.41, 5.74) is 6.10. The van der Waals surface area contributed by atoms with Gasteiger partial charge in [0.25, 0.3) is 11.5 Å². The highest BCUT2D eigenvalue weighted by Crippen LogP contribution is 2.50. The number of carbonyl (C=O) groups is 2. The second-order valence-corrected chi connectivity index (χ2v) is 12.9. The van der Waals surface area contributed by atoms with Gasteiger partial charge in [-0.1, -0.05) is 24.6 Å². The fourth-order valence-corrected chi connectivity index (χ4v) is 7.45. The standard InChI is InChI=1S/C31H31ClF3N9O4/c1-16-14-30(6-8-42(9-7-30)27(46)21-13-22(36)40-39-21)24-25(16)43(15-23(45)37-20-3-2-18(12-19(20)32)31(33,34)35)29-38-26(41-44(29)28(24)47)17-4-10-48-11-5-17/h2-4,12-13,16H,5-11,14-15H2,1H3,(H,37,45)(H3,36,39,40). The molecule has 3 aromatic heterocycles. The maximum atomic E-state index is 14.3. The highest BCUT2D eigenvalue weighted by molar-refractivity contribution is 6.33. The number of nitrogens with zero attached hydrogens (tertiary/aromatic N) is 6. The number of anilines is 2. The van der Waals surface area contributed by atoms with E-state index in [-0.39, 0.29) is 51.9 Å². The molecule has 1 aromatic carbocycles. The van der Waals surface area contributed by atoms with Crippen LogP contribution in [0, 0.1) is 0 Å². The van der Waals surface area contributed by atoms with Crippen molar-refractivity contribution in [3.8, 4) is 0 Å². The molecule has 4 aromatic rings. The van der Waals surface area contributed by atoms with Gasteiger partial charge in [-0.3, -0.25) is 19.5 Å². The van der Waals surface area contributed by atoms with Crippen molar-refractivity contribution >= 4 is 46.3 Å². The fraction of sp³-hybridized carbons (Fsp3) is 0.419. The zero-order valence-corrected chi connectivity index (χ0v) is 26.5. The number of piperidine rings is 1. The SMILES string of the molecule is CC1CC2(CCN(C(=O)c3cc(N)n[nH]3)CC2)c2c1n(CC(=O)Nc1ccc(C(F)(F)F)cc1Cl)c1nc(C3=CCOCC3)nn1c2=O. The predicted molar refractivity (Wildman–Crippen MR) is 169 cm³/mol. The number of ether oxygens (including phenoxy) is 1. The first-order valence-corrected chi connectivity index (χ1v) is 15.8. The van der Waals surface area contributed by atoms with E-state index >= 15 is 0 Å². The van der Waals surface area contributed by atoms with E-state index in [1.54, 1.807) is 9.47 Å². The summed E-state index contributed by atoms with van der Waals surface area (Å²) >= 11 is 6.13. The highest BCUT2D eigenvalue weighted by Gasteiger charge is 2.49. The molecule has 1 unspecified atom stereocenters. The number of aromatic amines is 1. The molecule has 1 aliphatic carbocycles. The number of halogens is 4. The second kappa shape index (κ2) is 11.8. The number of carbonyl (C=O) groups excluding carboxylic acids is 2. The van der Waals surface area contributed by atoms with Crippen LogP contribution >= 0.6 is 11.6 Å². The Morgan fingerprint density at radius 3 is 2.65 bits per heavy atom. The first-order valence-electron chi connectivity index (χ1n) is 15.4. The number of nitrogen functional groups attached to an aromatic ring is 1. The van der Waals surface area contributed by atoms with Gasteiger partial charge in [0.2, 0.25) is 11.7 Å². The van der Waals surface area contributed by atoms with Crippen molar-refractivity contribution in [2.75, 3.05) is 37.4 Å². The van der Waals surface area contributed by atoms with Crippen molar-refractivity contribution in [1.82, 2.24) is 34.3 Å². The third-order valence-electron chi connectivity index (χ3n) is 9.44. The topological polar surface area (TPSA) is 166 Å². The molecule has 0 saturated carbocycles. The summed E-state index contributed by atoms with van der Waals surface area (Å²) in [6, 6.07) is 4.18. The Kier molecular flexibility index (Phi) is 7.82. The number of aromatic nitrogens is 6. The smallest absolute Gasteiger partial charge is 0.382 e. The van der Waals surface area contributed by atoms with Crippen molar-refractivity contribution in [3.63, 3.8) is 0 Å². The second-order valence-electron chi connectivity index (χ2n) is 12.5. The van der Waals surface area contributed by atoms with E-state index in [0.717, 1.165) is 23.8 Å². The lowest BCUT2D eigenvalue weighted by atomic mass is 9.73. The van der Waals surface area contributed by atoms with Crippen LogP contribution in [0.5, 0.6) is 0 Å². The number of nitrogens with one attached hydrogen (secondary N) is 2. The van der Waals surface area contributed by atoms with Crippen LogP contribution in [0.3, 0.4) is 0 Å². The third kappa shape index (κ3) is 5.51. The molecular weight excluding hydrogens is 655 g/mol. The Morgan fingerprint density at radius 1 is 1.23 bits per heavy atom. The van der Waals surface area contributed by atoms with Crippen molar-refractivity contribution < 1.29 is 27.5 Å². The number of rotatable bonds is 5. The number of likely N-dealkylation sites (tertiary alicyclic amines) is 1. The number of hydrogen-bond donors (Lipinski definition) is 3. The summed E-state index contributed by atoms with van der Waals surface area (Å²) in [7, 11) is 0. The molecule has 17 heteroatoms. The van der Waals surface area contributed by atoms with E-state index in [0.29, 0.717) is 69.1 Å². The van der Waals surface area contributed by atoms with Crippen LogP contribution in [0.1, 0.15) is 71.7 Å². The molecule has 4 N–H and O–H groups in total. The summed E-state index contributed by atoms with van der Waals surface area (Å²) in [5, 5.41) is 13.5. The number of hydrogen-bond acceptors (Lipinski definition) is 8. The first-order chi connectivity index (χ1) is 22.8. The minimum Gasteiger partial charge on any atom is -0.382 e. The number of benzene rings is 1. The number of fused-ring (bicyclic) bond motifs is 3. The van der Waals surface area contributed by atoms with Crippen LogP contribution in [0.4, 0.5) is 24.7 Å². The zero-order valence-electron chi connectivity index (χ0n) is 25.7. The number of H-pyrrole nitrogens is 1. The zero-order chi connectivity index (χ0) is 34.0. The lowest BCUT2D eigenvalue weighted by molar-refractivity contribution is -0.137. The molecule has 0 bridgehead atoms. The Labute approximate surface area is 275 Å². The summed E-state index contributed by atoms with van der Waals surface area (Å²) in [4.78, 5) is 47.4.